The average Bonchev–Trinajstić information content (AvgIpc) is 2.00. The lowest BCUT2D eigenvalue weighted by atomic mass is 10.5. The molecule has 1 aliphatic rings. The molecule has 1 saturated heterocycles. The van der Waals surface area contributed by atoms with E-state index in [0.29, 0.717) is 6.29 Å². The van der Waals surface area contributed by atoms with Crippen LogP contribution in [-0.4, -0.2) is 57.3 Å². The van der Waals surface area contributed by atoms with Gasteiger partial charge in [-0.25, -0.2) is 0 Å². The van der Waals surface area contributed by atoms with Gasteiger partial charge in [-0.15, -0.1) is 0 Å². The lowest BCUT2D eigenvalue weighted by molar-refractivity contribution is -0.0110. The van der Waals surface area contributed by atoms with E-state index in [1.807, 2.05) is 0 Å². The smallest absolute Gasteiger partial charge is 0.177 e. The van der Waals surface area contributed by atoms with E-state index < -0.39 is 0 Å². The molecule has 0 atom stereocenters. The minimum Gasteiger partial charge on any atom is -0.292 e. The van der Waals surface area contributed by atoms with Crippen molar-refractivity contribution in [2.45, 2.75) is 20.1 Å². The Morgan fingerprint density at radius 2 is 1.64 bits per heavy atom. The van der Waals surface area contributed by atoms with Gasteiger partial charge in [-0.1, -0.05) is 13.8 Å². The number of hydrogen-bond acceptors (Lipinski definition) is 3. The van der Waals surface area contributed by atoms with Gasteiger partial charge in [0.15, 0.2) is 9.84 Å². The third-order valence-electron chi connectivity index (χ3n) is 2.37. The van der Waals surface area contributed by atoms with E-state index in [1.54, 1.807) is 0 Å². The molecule has 0 aromatic rings. The van der Waals surface area contributed by atoms with Crippen molar-refractivity contribution in [1.82, 2.24) is 14.0 Å². The van der Waals surface area contributed by atoms with Crippen LogP contribution in [0.2, 0.25) is 0 Å². The predicted octanol–water partition coefficient (Wildman–Crippen LogP) is -0.512. The molecule has 3 nitrogen and oxygen atoms in total. The fraction of sp³-hybridized carbons (Fsp3) is 1.00. The second-order valence-corrected chi connectivity index (χ2v) is 5.50. The average molecular weight is 173 g/mol. The topological polar surface area (TPSA) is 9.72 Å². The molecule has 1 fully saturated rings. The summed E-state index contributed by atoms with van der Waals surface area (Å²) in [6.45, 7) is 6.77. The summed E-state index contributed by atoms with van der Waals surface area (Å²) in [4.78, 5) is 2.48. The summed E-state index contributed by atoms with van der Waals surface area (Å²) < 4.78 is 4.99. The molecule has 66 valence electrons. The van der Waals surface area contributed by atoms with Crippen LogP contribution < -0.4 is 0 Å². The van der Waals surface area contributed by atoms with Crippen molar-refractivity contribution < 1.29 is 0 Å². The third kappa shape index (κ3) is 1.64. The highest BCUT2D eigenvalue weighted by Gasteiger charge is 2.33. The summed E-state index contributed by atoms with van der Waals surface area (Å²) in [5.41, 5.74) is 0. The summed E-state index contributed by atoms with van der Waals surface area (Å²) >= 11 is 0. The van der Waals surface area contributed by atoms with Crippen LogP contribution in [0.15, 0.2) is 0 Å². The quantitative estimate of drug-likeness (QED) is 0.532. The van der Waals surface area contributed by atoms with Crippen molar-refractivity contribution in [3.63, 3.8) is 0 Å². The Bertz CT molecular complexity index is 119. The molecule has 0 amide bonds. The molecule has 1 heterocycles. The molecular weight excluding hydrogens is 154 g/mol. The van der Waals surface area contributed by atoms with Crippen molar-refractivity contribution in [2.75, 3.05) is 27.2 Å². The molecule has 0 aromatic heterocycles. The zero-order valence-electron chi connectivity index (χ0n) is 8.04. The molecule has 0 bridgehead atoms. The van der Waals surface area contributed by atoms with Gasteiger partial charge in [0, 0.05) is 0 Å². The van der Waals surface area contributed by atoms with Gasteiger partial charge in [-0.3, -0.25) is 14.0 Å². The number of nitrogens with zero attached hydrogens (tertiary/aromatic N) is 3. The van der Waals surface area contributed by atoms with E-state index in [-0.39, 0.29) is 9.84 Å². The highest BCUT2D eigenvalue weighted by Crippen LogP contribution is 2.14. The first kappa shape index (κ1) is 9.19. The molecule has 0 N–H and O–H groups in total. The van der Waals surface area contributed by atoms with Crippen molar-refractivity contribution >= 4 is 9.84 Å². The van der Waals surface area contributed by atoms with Gasteiger partial charge in [0.25, 0.3) is 0 Å². The largest absolute Gasteiger partial charge is 0.292 e. The summed E-state index contributed by atoms with van der Waals surface area (Å²) in [6, 6.07) is 0. The van der Waals surface area contributed by atoms with Gasteiger partial charge in [-0.05, 0) is 27.2 Å². The minimum absolute atomic E-state index is 0.0302. The summed E-state index contributed by atoms with van der Waals surface area (Å²) in [5, 5.41) is 0. The Hall–Kier alpha value is 0.0969. The molecule has 11 heavy (non-hydrogen) atoms. The molecule has 1 rings (SSSR count). The first-order valence-corrected chi connectivity index (χ1v) is 5.61. The monoisotopic (exact) mass is 173 g/mol. The molecule has 0 spiro atoms. The Balaban J connectivity index is 2.43. The van der Waals surface area contributed by atoms with Crippen molar-refractivity contribution in [3.05, 3.63) is 0 Å². The summed E-state index contributed by atoms with van der Waals surface area (Å²) in [6.07, 6.45) is 0.608. The molecular formula is C7H19N3Si. The summed E-state index contributed by atoms with van der Waals surface area (Å²) in [5.74, 6) is 0. The van der Waals surface area contributed by atoms with Gasteiger partial charge in [0.2, 0.25) is 0 Å². The minimum atomic E-state index is -0.0302. The van der Waals surface area contributed by atoms with Crippen molar-refractivity contribution in [3.8, 4) is 0 Å². The van der Waals surface area contributed by atoms with Crippen molar-refractivity contribution in [2.24, 2.45) is 0 Å². The molecule has 0 unspecified atom stereocenters. The maximum Gasteiger partial charge on any atom is 0.177 e. The zero-order chi connectivity index (χ0) is 8.43. The van der Waals surface area contributed by atoms with Crippen LogP contribution in [0, 0.1) is 0 Å². The van der Waals surface area contributed by atoms with Gasteiger partial charge in [0.1, 0.15) is 6.29 Å². The molecule has 0 aromatic carbocycles. The Labute approximate surface area is 71.9 Å². The Morgan fingerprint density at radius 1 is 1.18 bits per heavy atom. The fourth-order valence-electron chi connectivity index (χ4n) is 1.85. The highest BCUT2D eigenvalue weighted by atomic mass is 28.2. The van der Waals surface area contributed by atoms with Gasteiger partial charge < -0.3 is 0 Å². The van der Waals surface area contributed by atoms with Crippen LogP contribution in [0.25, 0.3) is 0 Å². The number of rotatable bonds is 3. The number of hydrogen-bond donors (Lipinski definition) is 0. The van der Waals surface area contributed by atoms with E-state index in [1.165, 1.54) is 0 Å². The Kier molecular flexibility index (Phi) is 3.06. The van der Waals surface area contributed by atoms with Crippen LogP contribution in [0.4, 0.5) is 0 Å². The first-order chi connectivity index (χ1) is 5.20. The fourth-order valence-corrected chi connectivity index (χ4v) is 3.55. The van der Waals surface area contributed by atoms with Gasteiger partial charge in [-0.2, -0.15) is 0 Å². The van der Waals surface area contributed by atoms with Crippen LogP contribution >= 0.6 is 0 Å². The molecule has 0 saturated carbocycles. The van der Waals surface area contributed by atoms with E-state index >= 15 is 0 Å². The maximum atomic E-state index is 2.49. The van der Waals surface area contributed by atoms with Crippen molar-refractivity contribution in [1.29, 1.82) is 0 Å². The van der Waals surface area contributed by atoms with Gasteiger partial charge in [0.05, 0.1) is 0 Å². The lowest BCUT2D eigenvalue weighted by Crippen LogP contribution is -2.69. The van der Waals surface area contributed by atoms with Gasteiger partial charge >= 0.3 is 0 Å². The van der Waals surface area contributed by atoms with Crippen LogP contribution in [0.3, 0.4) is 0 Å². The van der Waals surface area contributed by atoms with E-state index in [4.69, 9.17) is 0 Å². The third-order valence-corrected chi connectivity index (χ3v) is 3.92. The molecule has 4 heteroatoms. The summed E-state index contributed by atoms with van der Waals surface area (Å²) in [7, 11) is 4.43. The van der Waals surface area contributed by atoms with E-state index in [0.717, 1.165) is 13.1 Å². The molecule has 0 aliphatic carbocycles. The second-order valence-electron chi connectivity index (χ2n) is 3.22. The second kappa shape index (κ2) is 3.67. The van der Waals surface area contributed by atoms with Crippen LogP contribution in [0.5, 0.6) is 0 Å². The zero-order valence-corrected chi connectivity index (χ0v) is 9.45. The Morgan fingerprint density at radius 3 is 1.82 bits per heavy atom. The highest BCUT2D eigenvalue weighted by molar-refractivity contribution is 6.31. The standard InChI is InChI=1S/C7H19N3Si/c1-5-10(6-2)7-8(3)11-9(7)4/h7H,5-6,11H2,1-4H3. The van der Waals surface area contributed by atoms with E-state index in [2.05, 4.69) is 42.0 Å². The first-order valence-electron chi connectivity index (χ1n) is 4.35. The molecule has 1 aliphatic heterocycles. The SMILES string of the molecule is CCN(CC)C1N(C)[SiH2]N1C. The molecule has 0 radical (unpaired) electrons. The predicted molar refractivity (Wildman–Crippen MR) is 50.8 cm³/mol. The van der Waals surface area contributed by atoms with E-state index in [9.17, 15) is 0 Å². The normalized spacial score (nSPS) is 29.7. The lowest BCUT2D eigenvalue weighted by Gasteiger charge is -2.51. The maximum absolute atomic E-state index is 2.49. The van der Waals surface area contributed by atoms with Crippen LogP contribution in [0.1, 0.15) is 13.8 Å². The van der Waals surface area contributed by atoms with Crippen LogP contribution in [-0.2, 0) is 0 Å².